The van der Waals surface area contributed by atoms with E-state index in [2.05, 4.69) is 29.2 Å². The van der Waals surface area contributed by atoms with Crippen LogP contribution in [0.15, 0.2) is 42.5 Å². The first-order chi connectivity index (χ1) is 13.2. The van der Waals surface area contributed by atoms with E-state index in [1.54, 1.807) is 18.4 Å². The van der Waals surface area contributed by atoms with Gasteiger partial charge in [0.15, 0.2) is 5.13 Å². The average molecular weight is 379 g/mol. The van der Waals surface area contributed by atoms with Crippen LogP contribution in [0.5, 0.6) is 5.75 Å². The van der Waals surface area contributed by atoms with Gasteiger partial charge in [-0.25, -0.2) is 4.98 Å². The molecule has 1 fully saturated rings. The van der Waals surface area contributed by atoms with Crippen molar-refractivity contribution >= 4 is 38.3 Å². The number of fused-ring (bicyclic) bond motifs is 2. The number of carbonyl (C=O) groups is 1. The molecule has 6 heteroatoms. The van der Waals surface area contributed by atoms with Gasteiger partial charge in [0, 0.05) is 25.3 Å². The number of amides is 1. The van der Waals surface area contributed by atoms with E-state index in [1.807, 2.05) is 23.1 Å². The first-order valence-electron chi connectivity index (χ1n) is 9.32. The van der Waals surface area contributed by atoms with Crippen molar-refractivity contribution in [3.63, 3.8) is 0 Å². The summed E-state index contributed by atoms with van der Waals surface area (Å²) in [5.41, 5.74) is 3.28. The van der Waals surface area contributed by atoms with Gasteiger partial charge in [0.2, 0.25) is 5.91 Å². The maximum Gasteiger partial charge on any atom is 0.233 e. The predicted octanol–water partition coefficient (Wildman–Crippen LogP) is 3.72. The van der Waals surface area contributed by atoms with Crippen LogP contribution >= 0.6 is 11.3 Å². The number of anilines is 2. The fourth-order valence-electron chi connectivity index (χ4n) is 3.99. The molecule has 0 radical (unpaired) electrons. The number of benzene rings is 2. The molecule has 5 rings (SSSR count). The van der Waals surface area contributed by atoms with Crippen LogP contribution in [0.25, 0.3) is 10.2 Å². The van der Waals surface area contributed by atoms with Gasteiger partial charge in [-0.2, -0.15) is 0 Å². The minimum Gasteiger partial charge on any atom is -0.494 e. The molecule has 0 N–H and O–H groups in total. The van der Waals surface area contributed by atoms with Crippen LogP contribution in [0.2, 0.25) is 0 Å². The largest absolute Gasteiger partial charge is 0.494 e. The summed E-state index contributed by atoms with van der Waals surface area (Å²) in [6, 6.07) is 14.3. The Morgan fingerprint density at radius 3 is 2.89 bits per heavy atom. The second-order valence-corrected chi connectivity index (χ2v) is 8.14. The molecule has 0 unspecified atom stereocenters. The highest BCUT2D eigenvalue weighted by molar-refractivity contribution is 7.22. The van der Waals surface area contributed by atoms with Gasteiger partial charge in [-0.15, -0.1) is 0 Å². The molecule has 1 amide bonds. The molecule has 0 spiro atoms. The highest BCUT2D eigenvalue weighted by Crippen LogP contribution is 2.37. The molecular weight excluding hydrogens is 358 g/mol. The molecule has 3 heterocycles. The second kappa shape index (κ2) is 6.53. The van der Waals surface area contributed by atoms with Crippen molar-refractivity contribution < 1.29 is 9.53 Å². The lowest BCUT2D eigenvalue weighted by Gasteiger charge is -2.41. The Balaban J connectivity index is 1.32. The molecule has 138 valence electrons. The van der Waals surface area contributed by atoms with Gasteiger partial charge in [0.05, 0.1) is 17.7 Å². The molecule has 0 aliphatic carbocycles. The number of para-hydroxylation sites is 2. The molecule has 0 saturated carbocycles. The predicted molar refractivity (Wildman–Crippen MR) is 109 cm³/mol. The van der Waals surface area contributed by atoms with Crippen LogP contribution in [-0.2, 0) is 11.2 Å². The summed E-state index contributed by atoms with van der Waals surface area (Å²) in [6.45, 7) is 2.30. The minimum atomic E-state index is 0.0464. The number of thiazole rings is 1. The number of methoxy groups -OCH3 is 1. The van der Waals surface area contributed by atoms with E-state index >= 15 is 0 Å². The first kappa shape index (κ1) is 16.6. The van der Waals surface area contributed by atoms with E-state index in [-0.39, 0.29) is 11.8 Å². The molecule has 2 aromatic carbocycles. The fourth-order valence-corrected chi connectivity index (χ4v) is 4.99. The lowest BCUT2D eigenvalue weighted by atomic mass is 9.95. The zero-order chi connectivity index (χ0) is 18.4. The number of hydrogen-bond acceptors (Lipinski definition) is 5. The Morgan fingerprint density at radius 2 is 2.04 bits per heavy atom. The van der Waals surface area contributed by atoms with Gasteiger partial charge in [-0.3, -0.25) is 4.79 Å². The first-order valence-corrected chi connectivity index (χ1v) is 10.1. The molecular formula is C21H21N3O2S. The maximum absolute atomic E-state index is 13.1. The van der Waals surface area contributed by atoms with Crippen molar-refractivity contribution in [3.05, 3.63) is 48.0 Å². The van der Waals surface area contributed by atoms with E-state index in [4.69, 9.17) is 9.72 Å². The smallest absolute Gasteiger partial charge is 0.233 e. The summed E-state index contributed by atoms with van der Waals surface area (Å²) in [6.07, 6.45) is 2.10. The van der Waals surface area contributed by atoms with Crippen molar-refractivity contribution in [2.45, 2.75) is 12.8 Å². The summed E-state index contributed by atoms with van der Waals surface area (Å²) < 4.78 is 6.52. The number of nitrogens with zero attached hydrogens (tertiary/aromatic N) is 3. The third kappa shape index (κ3) is 2.75. The highest BCUT2D eigenvalue weighted by atomic mass is 32.1. The summed E-state index contributed by atoms with van der Waals surface area (Å²) >= 11 is 1.66. The molecule has 3 aromatic rings. The number of aryl methyl sites for hydroxylation is 1. The van der Waals surface area contributed by atoms with E-state index in [0.717, 1.165) is 59.3 Å². The lowest BCUT2D eigenvalue weighted by Crippen LogP contribution is -2.55. The summed E-state index contributed by atoms with van der Waals surface area (Å²) in [4.78, 5) is 22.0. The summed E-state index contributed by atoms with van der Waals surface area (Å²) in [5.74, 6) is 1.09. The van der Waals surface area contributed by atoms with Gasteiger partial charge >= 0.3 is 0 Å². The highest BCUT2D eigenvalue weighted by Gasteiger charge is 2.38. The Morgan fingerprint density at radius 1 is 1.19 bits per heavy atom. The average Bonchev–Trinajstić information content (AvgIpc) is 3.09. The quantitative estimate of drug-likeness (QED) is 0.696. The van der Waals surface area contributed by atoms with Crippen LogP contribution in [-0.4, -0.2) is 37.6 Å². The van der Waals surface area contributed by atoms with Crippen LogP contribution in [0.1, 0.15) is 12.0 Å². The second-order valence-electron chi connectivity index (χ2n) is 7.13. The molecule has 5 nitrogen and oxygen atoms in total. The Hall–Kier alpha value is -2.60. The monoisotopic (exact) mass is 379 g/mol. The van der Waals surface area contributed by atoms with Gasteiger partial charge in [-0.1, -0.05) is 35.6 Å². The topological polar surface area (TPSA) is 45.7 Å². The number of carbonyl (C=O) groups excluding carboxylic acids is 1. The molecule has 2 aliphatic heterocycles. The van der Waals surface area contributed by atoms with Crippen molar-refractivity contribution in [2.24, 2.45) is 5.92 Å². The third-order valence-corrected chi connectivity index (χ3v) is 6.55. The maximum atomic E-state index is 13.1. The molecule has 2 aliphatic rings. The number of ether oxygens (including phenoxy) is 1. The van der Waals surface area contributed by atoms with E-state index in [0.29, 0.717) is 0 Å². The third-order valence-electron chi connectivity index (χ3n) is 5.47. The van der Waals surface area contributed by atoms with Crippen molar-refractivity contribution in [1.82, 2.24) is 4.98 Å². The molecule has 1 saturated heterocycles. The van der Waals surface area contributed by atoms with E-state index < -0.39 is 0 Å². The van der Waals surface area contributed by atoms with Crippen LogP contribution in [0.4, 0.5) is 10.8 Å². The number of hydrogen-bond donors (Lipinski definition) is 0. The molecule has 27 heavy (non-hydrogen) atoms. The molecule has 0 atom stereocenters. The van der Waals surface area contributed by atoms with E-state index in [1.165, 1.54) is 5.56 Å². The number of aromatic nitrogens is 1. The van der Waals surface area contributed by atoms with Crippen LogP contribution in [0, 0.1) is 5.92 Å². The van der Waals surface area contributed by atoms with Gasteiger partial charge in [0.1, 0.15) is 11.3 Å². The Labute approximate surface area is 162 Å². The van der Waals surface area contributed by atoms with Crippen LogP contribution in [0.3, 0.4) is 0 Å². The van der Waals surface area contributed by atoms with Gasteiger partial charge in [0.25, 0.3) is 0 Å². The van der Waals surface area contributed by atoms with Crippen molar-refractivity contribution in [1.29, 1.82) is 0 Å². The van der Waals surface area contributed by atoms with Crippen LogP contribution < -0.4 is 14.5 Å². The fraction of sp³-hybridized carbons (Fsp3) is 0.333. The van der Waals surface area contributed by atoms with E-state index in [9.17, 15) is 4.79 Å². The normalized spacial score (nSPS) is 16.9. The molecule has 0 bridgehead atoms. The zero-order valence-corrected chi connectivity index (χ0v) is 16.0. The van der Waals surface area contributed by atoms with Gasteiger partial charge in [-0.05, 0) is 36.6 Å². The lowest BCUT2D eigenvalue weighted by molar-refractivity contribution is -0.123. The molecule has 1 aromatic heterocycles. The SMILES string of the molecule is COc1cccc2sc(N3CC(C(=O)N4CCCc5ccccc54)C3)nc12. The Bertz CT molecular complexity index is 1010. The standard InChI is InChI=1S/C21H21N3O2S/c1-26-17-9-4-10-18-19(17)22-21(27-18)23-12-15(13-23)20(25)24-11-5-7-14-6-2-3-8-16(14)24/h2-4,6,8-10,15H,5,7,11-13H2,1H3. The zero-order valence-electron chi connectivity index (χ0n) is 15.2. The van der Waals surface area contributed by atoms with Crippen molar-refractivity contribution in [3.8, 4) is 5.75 Å². The number of rotatable bonds is 3. The minimum absolute atomic E-state index is 0.0464. The Kier molecular flexibility index (Phi) is 4.01. The van der Waals surface area contributed by atoms with Crippen molar-refractivity contribution in [2.75, 3.05) is 36.5 Å². The summed E-state index contributed by atoms with van der Waals surface area (Å²) in [7, 11) is 1.67. The van der Waals surface area contributed by atoms with Gasteiger partial charge < -0.3 is 14.5 Å². The summed E-state index contributed by atoms with van der Waals surface area (Å²) in [5, 5.41) is 0.970.